The molecule has 0 heterocycles. The first-order valence-electron chi connectivity index (χ1n) is 7.17. The number of hydrogen-bond acceptors (Lipinski definition) is 2. The predicted octanol–water partition coefficient (Wildman–Crippen LogP) is 2.13. The number of rotatable bonds is 4. The fourth-order valence-corrected chi connectivity index (χ4v) is 5.71. The number of nitrogens with two attached hydrogens (primary N) is 2. The standard InChI is InChI=1S/C14H26N2/c15-3-1-13-12-6-10-5-11(7-12)9-14(13,8-10)2-4-16/h10-13H,1-9,15-16H2. The largest absolute Gasteiger partial charge is 0.330 e. The Kier molecular flexibility index (Phi) is 2.75. The molecule has 0 aromatic rings. The van der Waals surface area contributed by atoms with Crippen LogP contribution in [0.2, 0.25) is 0 Å². The molecule has 4 bridgehead atoms. The summed E-state index contributed by atoms with van der Waals surface area (Å²) in [5.74, 6) is 3.99. The van der Waals surface area contributed by atoms with Crippen LogP contribution in [-0.4, -0.2) is 13.1 Å². The highest BCUT2D eigenvalue weighted by molar-refractivity contribution is 5.05. The Morgan fingerprint density at radius 3 is 2.19 bits per heavy atom. The van der Waals surface area contributed by atoms with E-state index in [0.29, 0.717) is 5.41 Å². The summed E-state index contributed by atoms with van der Waals surface area (Å²) in [6, 6.07) is 0. The molecule has 2 heteroatoms. The zero-order valence-electron chi connectivity index (χ0n) is 10.3. The van der Waals surface area contributed by atoms with Crippen LogP contribution in [-0.2, 0) is 0 Å². The van der Waals surface area contributed by atoms with Crippen molar-refractivity contribution in [1.82, 2.24) is 0 Å². The molecule has 4 N–H and O–H groups in total. The summed E-state index contributed by atoms with van der Waals surface area (Å²) in [6.45, 7) is 1.76. The quantitative estimate of drug-likeness (QED) is 0.765. The highest BCUT2D eigenvalue weighted by Crippen LogP contribution is 2.64. The molecular formula is C14H26N2. The third-order valence-corrected chi connectivity index (χ3v) is 5.80. The topological polar surface area (TPSA) is 52.0 Å². The van der Waals surface area contributed by atoms with E-state index < -0.39 is 0 Å². The van der Waals surface area contributed by atoms with Gasteiger partial charge < -0.3 is 11.5 Å². The molecule has 0 radical (unpaired) electrons. The summed E-state index contributed by atoms with van der Waals surface area (Å²) in [6.07, 6.45) is 10.0. The zero-order valence-corrected chi connectivity index (χ0v) is 10.3. The molecule has 16 heavy (non-hydrogen) atoms. The molecule has 0 aromatic carbocycles. The van der Waals surface area contributed by atoms with Crippen molar-refractivity contribution in [2.45, 2.75) is 44.9 Å². The summed E-state index contributed by atoms with van der Waals surface area (Å²) in [4.78, 5) is 0. The van der Waals surface area contributed by atoms with Crippen LogP contribution in [0.25, 0.3) is 0 Å². The van der Waals surface area contributed by atoms with E-state index in [1.54, 1.807) is 0 Å². The van der Waals surface area contributed by atoms with E-state index in [2.05, 4.69) is 0 Å². The molecule has 0 amide bonds. The van der Waals surface area contributed by atoms with Gasteiger partial charge in [0.1, 0.15) is 0 Å². The SMILES string of the molecule is NCCC1C2CC3CC(C2)CC1(CCN)C3. The Bertz CT molecular complexity index is 249. The fraction of sp³-hybridized carbons (Fsp3) is 1.00. The lowest BCUT2D eigenvalue weighted by atomic mass is 9.44. The normalized spacial score (nSPS) is 49.9. The molecule has 2 nitrogen and oxygen atoms in total. The average Bonchev–Trinajstić information content (AvgIpc) is 2.23. The van der Waals surface area contributed by atoms with Crippen LogP contribution in [0.5, 0.6) is 0 Å². The summed E-state index contributed by atoms with van der Waals surface area (Å²) >= 11 is 0. The second-order valence-corrected chi connectivity index (χ2v) is 6.69. The Morgan fingerprint density at radius 1 is 0.938 bits per heavy atom. The van der Waals surface area contributed by atoms with Gasteiger partial charge in [0.25, 0.3) is 0 Å². The molecule has 3 atom stereocenters. The average molecular weight is 222 g/mol. The van der Waals surface area contributed by atoms with Gasteiger partial charge in [-0.2, -0.15) is 0 Å². The minimum Gasteiger partial charge on any atom is -0.330 e. The van der Waals surface area contributed by atoms with Gasteiger partial charge >= 0.3 is 0 Å². The molecule has 92 valence electrons. The molecule has 0 saturated heterocycles. The summed E-state index contributed by atoms with van der Waals surface area (Å²) < 4.78 is 0. The zero-order chi connectivity index (χ0) is 11.2. The lowest BCUT2D eigenvalue weighted by molar-refractivity contribution is -0.114. The number of hydrogen-bond donors (Lipinski definition) is 2. The highest BCUT2D eigenvalue weighted by Gasteiger charge is 2.55. The van der Waals surface area contributed by atoms with Crippen molar-refractivity contribution in [2.24, 2.45) is 40.6 Å². The molecule has 4 rings (SSSR count). The van der Waals surface area contributed by atoms with Crippen LogP contribution in [0.15, 0.2) is 0 Å². The summed E-state index contributed by atoms with van der Waals surface area (Å²) in [5, 5.41) is 0. The van der Waals surface area contributed by atoms with E-state index in [9.17, 15) is 0 Å². The first-order chi connectivity index (χ1) is 7.77. The van der Waals surface area contributed by atoms with E-state index in [4.69, 9.17) is 11.5 Å². The second kappa shape index (κ2) is 3.99. The molecular weight excluding hydrogens is 196 g/mol. The maximum atomic E-state index is 5.88. The predicted molar refractivity (Wildman–Crippen MR) is 66.8 cm³/mol. The van der Waals surface area contributed by atoms with Crippen molar-refractivity contribution in [3.63, 3.8) is 0 Å². The van der Waals surface area contributed by atoms with Gasteiger partial charge in [0.2, 0.25) is 0 Å². The van der Waals surface area contributed by atoms with Gasteiger partial charge in [0.05, 0.1) is 0 Å². The van der Waals surface area contributed by atoms with Gasteiger partial charge in [-0.25, -0.2) is 0 Å². The molecule has 4 aliphatic rings. The molecule has 4 fully saturated rings. The minimum atomic E-state index is 0.614. The summed E-state index contributed by atoms with van der Waals surface area (Å²) in [5.41, 5.74) is 12.3. The van der Waals surface area contributed by atoms with E-state index >= 15 is 0 Å². The monoisotopic (exact) mass is 222 g/mol. The van der Waals surface area contributed by atoms with E-state index in [-0.39, 0.29) is 0 Å². The molecule has 4 saturated carbocycles. The first-order valence-corrected chi connectivity index (χ1v) is 7.17. The highest BCUT2D eigenvalue weighted by atomic mass is 14.7. The fourth-order valence-electron chi connectivity index (χ4n) is 5.71. The van der Waals surface area contributed by atoms with Crippen molar-refractivity contribution < 1.29 is 0 Å². The van der Waals surface area contributed by atoms with Crippen LogP contribution in [0, 0.1) is 29.1 Å². The van der Waals surface area contributed by atoms with Crippen molar-refractivity contribution in [2.75, 3.05) is 13.1 Å². The minimum absolute atomic E-state index is 0.614. The van der Waals surface area contributed by atoms with Crippen LogP contribution >= 0.6 is 0 Å². The molecule has 0 aromatic heterocycles. The van der Waals surface area contributed by atoms with Gasteiger partial charge in [0.15, 0.2) is 0 Å². The van der Waals surface area contributed by atoms with Crippen LogP contribution in [0.1, 0.15) is 44.9 Å². The van der Waals surface area contributed by atoms with Crippen molar-refractivity contribution in [3.05, 3.63) is 0 Å². The molecule has 0 aliphatic heterocycles. The lowest BCUT2D eigenvalue weighted by Crippen LogP contribution is -2.53. The third kappa shape index (κ3) is 1.53. The first kappa shape index (κ1) is 11.0. The Morgan fingerprint density at radius 2 is 1.62 bits per heavy atom. The smallest absolute Gasteiger partial charge is 0.00719 e. The maximum absolute atomic E-state index is 5.88. The Hall–Kier alpha value is -0.0800. The third-order valence-electron chi connectivity index (χ3n) is 5.80. The van der Waals surface area contributed by atoms with Gasteiger partial charge in [-0.05, 0) is 87.1 Å². The van der Waals surface area contributed by atoms with E-state index in [0.717, 1.165) is 36.8 Å². The van der Waals surface area contributed by atoms with Crippen molar-refractivity contribution in [3.8, 4) is 0 Å². The van der Waals surface area contributed by atoms with E-state index in [1.807, 2.05) is 0 Å². The van der Waals surface area contributed by atoms with Crippen molar-refractivity contribution in [1.29, 1.82) is 0 Å². The van der Waals surface area contributed by atoms with Gasteiger partial charge in [-0.15, -0.1) is 0 Å². The maximum Gasteiger partial charge on any atom is -0.00719 e. The molecule has 4 aliphatic carbocycles. The Balaban J connectivity index is 1.86. The van der Waals surface area contributed by atoms with Gasteiger partial charge in [-0.3, -0.25) is 0 Å². The summed E-state index contributed by atoms with van der Waals surface area (Å²) in [7, 11) is 0. The van der Waals surface area contributed by atoms with Crippen LogP contribution < -0.4 is 11.5 Å². The molecule has 0 spiro atoms. The van der Waals surface area contributed by atoms with Gasteiger partial charge in [-0.1, -0.05) is 0 Å². The van der Waals surface area contributed by atoms with E-state index in [1.165, 1.54) is 44.9 Å². The molecule has 3 unspecified atom stereocenters. The van der Waals surface area contributed by atoms with Crippen LogP contribution in [0.3, 0.4) is 0 Å². The lowest BCUT2D eigenvalue weighted by Gasteiger charge is -2.62. The van der Waals surface area contributed by atoms with Crippen LogP contribution in [0.4, 0.5) is 0 Å². The van der Waals surface area contributed by atoms with Gasteiger partial charge in [0, 0.05) is 0 Å². The van der Waals surface area contributed by atoms with Crippen molar-refractivity contribution >= 4 is 0 Å². The second-order valence-electron chi connectivity index (χ2n) is 6.69. The Labute approximate surface area is 99.1 Å².